The zero-order chi connectivity index (χ0) is 10.7. The topological polar surface area (TPSA) is 12.5 Å². The fourth-order valence-corrected chi connectivity index (χ4v) is 2.28. The van der Waals surface area contributed by atoms with E-state index in [-0.39, 0.29) is 0 Å². The van der Waals surface area contributed by atoms with Crippen LogP contribution in [0, 0.1) is 0 Å². The molecule has 1 atom stereocenters. The lowest BCUT2D eigenvalue weighted by Gasteiger charge is -2.21. The van der Waals surface area contributed by atoms with Crippen LogP contribution in [-0.2, 0) is 6.54 Å². The molecule has 1 heterocycles. The summed E-state index contributed by atoms with van der Waals surface area (Å²) in [6.07, 6.45) is 2.66. The fraction of sp³-hybridized carbons (Fsp3) is 0.538. The number of nitrogens with zero attached hydrogens (tertiary/aromatic N) is 1. The molecule has 82 valence electrons. The molecule has 2 rings (SSSR count). The van der Waals surface area contributed by atoms with Gasteiger partial charge in [0.05, 0.1) is 7.11 Å². The number of benzene rings is 1. The van der Waals surface area contributed by atoms with Gasteiger partial charge in [-0.15, -0.1) is 0 Å². The van der Waals surface area contributed by atoms with Crippen LogP contribution in [0.3, 0.4) is 0 Å². The third-order valence-corrected chi connectivity index (χ3v) is 3.26. The highest BCUT2D eigenvalue weighted by molar-refractivity contribution is 5.33. The average molecular weight is 205 g/mol. The molecule has 0 spiro atoms. The molecule has 1 unspecified atom stereocenters. The Morgan fingerprint density at radius 2 is 2.20 bits per heavy atom. The van der Waals surface area contributed by atoms with Crippen molar-refractivity contribution in [3.05, 3.63) is 29.8 Å². The zero-order valence-electron chi connectivity index (χ0n) is 9.57. The summed E-state index contributed by atoms with van der Waals surface area (Å²) in [5, 5.41) is 0. The summed E-state index contributed by atoms with van der Waals surface area (Å²) >= 11 is 0. The highest BCUT2D eigenvalue weighted by Crippen LogP contribution is 2.24. The summed E-state index contributed by atoms with van der Waals surface area (Å²) in [6.45, 7) is 4.55. The van der Waals surface area contributed by atoms with Crippen LogP contribution in [0.2, 0.25) is 0 Å². The molecule has 0 aliphatic carbocycles. The molecule has 1 saturated heterocycles. The maximum absolute atomic E-state index is 5.36. The molecule has 0 amide bonds. The summed E-state index contributed by atoms with van der Waals surface area (Å²) in [5.41, 5.74) is 1.30. The smallest absolute Gasteiger partial charge is 0.123 e. The molecule has 0 radical (unpaired) electrons. The first-order valence-corrected chi connectivity index (χ1v) is 5.67. The van der Waals surface area contributed by atoms with Crippen molar-refractivity contribution in [2.45, 2.75) is 32.4 Å². The number of para-hydroxylation sites is 1. The van der Waals surface area contributed by atoms with Crippen LogP contribution < -0.4 is 4.74 Å². The number of likely N-dealkylation sites (tertiary alicyclic amines) is 1. The van der Waals surface area contributed by atoms with E-state index in [1.165, 1.54) is 24.9 Å². The first-order chi connectivity index (χ1) is 7.31. The molecule has 0 aromatic heterocycles. The van der Waals surface area contributed by atoms with Crippen molar-refractivity contribution in [1.82, 2.24) is 4.90 Å². The van der Waals surface area contributed by atoms with Gasteiger partial charge in [0.15, 0.2) is 0 Å². The number of hydrogen-bond acceptors (Lipinski definition) is 2. The van der Waals surface area contributed by atoms with Crippen LogP contribution >= 0.6 is 0 Å². The maximum atomic E-state index is 5.36. The van der Waals surface area contributed by atoms with Crippen LogP contribution in [-0.4, -0.2) is 24.6 Å². The molecule has 1 fully saturated rings. The molecule has 1 aliphatic rings. The number of ether oxygens (including phenoxy) is 1. The third kappa shape index (κ3) is 2.32. The number of hydrogen-bond donors (Lipinski definition) is 0. The standard InChI is InChI=1S/C13H19NO/c1-11-6-5-9-14(11)10-12-7-3-4-8-13(12)15-2/h3-4,7-8,11H,5-6,9-10H2,1-2H3. The van der Waals surface area contributed by atoms with E-state index in [4.69, 9.17) is 4.74 Å². The zero-order valence-corrected chi connectivity index (χ0v) is 9.57. The van der Waals surface area contributed by atoms with Crippen molar-refractivity contribution in [2.24, 2.45) is 0 Å². The number of rotatable bonds is 3. The van der Waals surface area contributed by atoms with Gasteiger partial charge in [-0.2, -0.15) is 0 Å². The van der Waals surface area contributed by atoms with Crippen LogP contribution in [0.5, 0.6) is 5.75 Å². The summed E-state index contributed by atoms with van der Waals surface area (Å²) in [7, 11) is 1.74. The van der Waals surface area contributed by atoms with Crippen molar-refractivity contribution in [1.29, 1.82) is 0 Å². The summed E-state index contributed by atoms with van der Waals surface area (Å²) in [5.74, 6) is 1.01. The average Bonchev–Trinajstić information content (AvgIpc) is 2.65. The van der Waals surface area contributed by atoms with Gasteiger partial charge in [0.2, 0.25) is 0 Å². The molecular formula is C13H19NO. The van der Waals surface area contributed by atoms with E-state index in [1.54, 1.807) is 7.11 Å². The van der Waals surface area contributed by atoms with Gasteiger partial charge in [-0.1, -0.05) is 18.2 Å². The van der Waals surface area contributed by atoms with Gasteiger partial charge in [0, 0.05) is 18.2 Å². The minimum absolute atomic E-state index is 0.718. The molecule has 15 heavy (non-hydrogen) atoms. The van der Waals surface area contributed by atoms with Crippen molar-refractivity contribution in [3.63, 3.8) is 0 Å². The van der Waals surface area contributed by atoms with Gasteiger partial charge in [0.1, 0.15) is 5.75 Å². The molecule has 2 heteroatoms. The van der Waals surface area contributed by atoms with E-state index in [1.807, 2.05) is 12.1 Å². The van der Waals surface area contributed by atoms with Gasteiger partial charge in [0.25, 0.3) is 0 Å². The van der Waals surface area contributed by atoms with Crippen LogP contribution in [0.15, 0.2) is 24.3 Å². The SMILES string of the molecule is COc1ccccc1CN1CCCC1C. The molecular weight excluding hydrogens is 186 g/mol. The van der Waals surface area contributed by atoms with E-state index < -0.39 is 0 Å². The molecule has 0 N–H and O–H groups in total. The number of methoxy groups -OCH3 is 1. The largest absolute Gasteiger partial charge is 0.496 e. The Morgan fingerprint density at radius 1 is 1.40 bits per heavy atom. The Balaban J connectivity index is 2.09. The van der Waals surface area contributed by atoms with Crippen molar-refractivity contribution < 1.29 is 4.74 Å². The highest BCUT2D eigenvalue weighted by Gasteiger charge is 2.20. The molecule has 2 nitrogen and oxygen atoms in total. The Bertz CT molecular complexity index is 324. The summed E-state index contributed by atoms with van der Waals surface area (Å²) < 4.78 is 5.36. The third-order valence-electron chi connectivity index (χ3n) is 3.26. The predicted octanol–water partition coefficient (Wildman–Crippen LogP) is 2.68. The molecule has 0 bridgehead atoms. The Hall–Kier alpha value is -1.02. The molecule has 1 aromatic carbocycles. The normalized spacial score (nSPS) is 21.9. The second kappa shape index (κ2) is 4.67. The van der Waals surface area contributed by atoms with E-state index in [0.29, 0.717) is 0 Å². The van der Waals surface area contributed by atoms with Crippen LogP contribution in [0.1, 0.15) is 25.3 Å². The van der Waals surface area contributed by atoms with Crippen molar-refractivity contribution >= 4 is 0 Å². The minimum atomic E-state index is 0.718. The van der Waals surface area contributed by atoms with Crippen molar-refractivity contribution in [2.75, 3.05) is 13.7 Å². The Morgan fingerprint density at radius 3 is 2.87 bits per heavy atom. The summed E-state index contributed by atoms with van der Waals surface area (Å²) in [6, 6.07) is 9.02. The van der Waals surface area contributed by atoms with Gasteiger partial charge < -0.3 is 4.74 Å². The summed E-state index contributed by atoms with van der Waals surface area (Å²) in [4.78, 5) is 2.53. The van der Waals surface area contributed by atoms with Crippen molar-refractivity contribution in [3.8, 4) is 5.75 Å². The van der Waals surface area contributed by atoms with E-state index in [2.05, 4.69) is 24.0 Å². The van der Waals surface area contributed by atoms with Gasteiger partial charge in [-0.05, 0) is 32.4 Å². The lowest BCUT2D eigenvalue weighted by molar-refractivity contribution is 0.256. The van der Waals surface area contributed by atoms with E-state index in [9.17, 15) is 0 Å². The monoisotopic (exact) mass is 205 g/mol. The van der Waals surface area contributed by atoms with Gasteiger partial charge >= 0.3 is 0 Å². The molecule has 1 aliphatic heterocycles. The fourth-order valence-electron chi connectivity index (χ4n) is 2.28. The predicted molar refractivity (Wildman–Crippen MR) is 62.1 cm³/mol. The van der Waals surface area contributed by atoms with E-state index >= 15 is 0 Å². The second-order valence-electron chi connectivity index (χ2n) is 4.27. The first-order valence-electron chi connectivity index (χ1n) is 5.67. The molecule has 1 aromatic rings. The van der Waals surface area contributed by atoms with Gasteiger partial charge in [-0.25, -0.2) is 0 Å². The lowest BCUT2D eigenvalue weighted by atomic mass is 10.1. The minimum Gasteiger partial charge on any atom is -0.496 e. The lowest BCUT2D eigenvalue weighted by Crippen LogP contribution is -2.26. The second-order valence-corrected chi connectivity index (χ2v) is 4.27. The van der Waals surface area contributed by atoms with Crippen LogP contribution in [0.4, 0.5) is 0 Å². The quantitative estimate of drug-likeness (QED) is 0.752. The van der Waals surface area contributed by atoms with Crippen LogP contribution in [0.25, 0.3) is 0 Å². The molecule has 0 saturated carbocycles. The highest BCUT2D eigenvalue weighted by atomic mass is 16.5. The Kier molecular flexibility index (Phi) is 3.27. The Labute approximate surface area is 91.9 Å². The van der Waals surface area contributed by atoms with Gasteiger partial charge in [-0.3, -0.25) is 4.90 Å². The first kappa shape index (κ1) is 10.5. The van der Waals surface area contributed by atoms with E-state index in [0.717, 1.165) is 18.3 Å². The maximum Gasteiger partial charge on any atom is 0.123 e.